The Morgan fingerprint density at radius 3 is 2.10 bits per heavy atom. The lowest BCUT2D eigenvalue weighted by Crippen LogP contribution is -2.26. The Morgan fingerprint density at radius 2 is 1.62 bits per heavy atom. The van der Waals surface area contributed by atoms with E-state index in [1.54, 1.807) is 36.4 Å². The monoisotopic (exact) mass is 302 g/mol. The van der Waals surface area contributed by atoms with Crippen LogP contribution in [0.3, 0.4) is 0 Å². The number of ether oxygens (including phenoxy) is 1. The van der Waals surface area contributed by atoms with Crippen molar-refractivity contribution in [3.05, 3.63) is 54.1 Å². The van der Waals surface area contributed by atoms with Gasteiger partial charge in [-0.2, -0.15) is 5.26 Å². The second kappa shape index (κ2) is 5.85. The molecule has 6 heteroatoms. The first-order valence-electron chi connectivity index (χ1n) is 6.12. The van der Waals surface area contributed by atoms with Crippen molar-refractivity contribution in [2.45, 2.75) is 4.90 Å². The first-order valence-corrected chi connectivity index (χ1v) is 7.56. The second-order valence-corrected chi connectivity index (χ2v) is 6.28. The van der Waals surface area contributed by atoms with Crippen LogP contribution in [0, 0.1) is 11.3 Å². The molecule has 0 atom stereocenters. The third kappa shape index (κ3) is 2.98. The summed E-state index contributed by atoms with van der Waals surface area (Å²) < 4.78 is 31.2. The Balaban J connectivity index is 2.34. The topological polar surface area (TPSA) is 70.4 Å². The van der Waals surface area contributed by atoms with Gasteiger partial charge in [0.2, 0.25) is 0 Å². The second-order valence-electron chi connectivity index (χ2n) is 4.31. The Kier molecular flexibility index (Phi) is 4.15. The van der Waals surface area contributed by atoms with Gasteiger partial charge >= 0.3 is 0 Å². The van der Waals surface area contributed by atoms with Gasteiger partial charge in [-0.15, -0.1) is 0 Å². The van der Waals surface area contributed by atoms with Crippen LogP contribution in [-0.4, -0.2) is 22.6 Å². The van der Waals surface area contributed by atoms with Crippen LogP contribution in [0.1, 0.15) is 5.56 Å². The van der Waals surface area contributed by atoms with Crippen LogP contribution < -0.4 is 9.04 Å². The van der Waals surface area contributed by atoms with Crippen LogP contribution in [0.5, 0.6) is 5.75 Å². The molecule has 0 fully saturated rings. The number of hydrogen-bond acceptors (Lipinski definition) is 4. The molecule has 0 radical (unpaired) electrons. The summed E-state index contributed by atoms with van der Waals surface area (Å²) in [6.45, 7) is 0. The Labute approximate surface area is 124 Å². The highest BCUT2D eigenvalue weighted by Gasteiger charge is 2.21. The molecule has 2 aromatic carbocycles. The van der Waals surface area contributed by atoms with Crippen LogP contribution in [0.4, 0.5) is 5.69 Å². The van der Waals surface area contributed by atoms with Gasteiger partial charge in [-0.05, 0) is 48.5 Å². The Bertz CT molecular complexity index is 760. The molecular formula is C15H14N2O3S. The molecule has 0 aromatic heterocycles. The van der Waals surface area contributed by atoms with Gasteiger partial charge in [0.25, 0.3) is 10.0 Å². The first kappa shape index (κ1) is 14.9. The quantitative estimate of drug-likeness (QED) is 0.869. The maximum atomic E-state index is 12.5. The minimum atomic E-state index is -3.64. The molecule has 0 aliphatic heterocycles. The highest BCUT2D eigenvalue weighted by atomic mass is 32.2. The highest BCUT2D eigenvalue weighted by molar-refractivity contribution is 7.92. The molecule has 108 valence electrons. The van der Waals surface area contributed by atoms with Crippen molar-refractivity contribution >= 4 is 15.7 Å². The summed E-state index contributed by atoms with van der Waals surface area (Å²) >= 11 is 0. The van der Waals surface area contributed by atoms with E-state index in [1.165, 1.54) is 30.6 Å². The van der Waals surface area contributed by atoms with Crippen molar-refractivity contribution in [2.24, 2.45) is 0 Å². The van der Waals surface area contributed by atoms with E-state index in [-0.39, 0.29) is 4.90 Å². The predicted octanol–water partition coefficient (Wildman–Crippen LogP) is 2.39. The van der Waals surface area contributed by atoms with Gasteiger partial charge in [-0.3, -0.25) is 4.31 Å². The standard InChI is InChI=1S/C15H14N2O3S/c1-17(13-5-3-12(11-16)4-6-13)21(18,19)15-9-7-14(20-2)8-10-15/h3-10H,1-2H3. The number of methoxy groups -OCH3 is 1. The molecule has 2 aromatic rings. The lowest BCUT2D eigenvalue weighted by molar-refractivity contribution is 0.414. The zero-order valence-corrected chi connectivity index (χ0v) is 12.5. The van der Waals surface area contributed by atoms with Crippen molar-refractivity contribution in [3.8, 4) is 11.8 Å². The van der Waals surface area contributed by atoms with Gasteiger partial charge in [0, 0.05) is 7.05 Å². The first-order chi connectivity index (χ1) is 9.98. The largest absolute Gasteiger partial charge is 0.497 e. The van der Waals surface area contributed by atoms with Crippen LogP contribution in [0.15, 0.2) is 53.4 Å². The smallest absolute Gasteiger partial charge is 0.264 e. The third-order valence-electron chi connectivity index (χ3n) is 3.08. The van der Waals surface area contributed by atoms with Crippen molar-refractivity contribution in [3.63, 3.8) is 0 Å². The third-order valence-corrected chi connectivity index (χ3v) is 4.88. The number of nitrogens with zero attached hydrogens (tertiary/aromatic N) is 2. The molecule has 2 rings (SSSR count). The number of benzene rings is 2. The van der Waals surface area contributed by atoms with Crippen LogP contribution in [-0.2, 0) is 10.0 Å². The van der Waals surface area contributed by atoms with E-state index in [4.69, 9.17) is 10.00 Å². The van der Waals surface area contributed by atoms with Gasteiger partial charge in [0.15, 0.2) is 0 Å². The molecule has 0 saturated carbocycles. The molecule has 21 heavy (non-hydrogen) atoms. The number of nitriles is 1. The number of anilines is 1. The minimum Gasteiger partial charge on any atom is -0.497 e. The van der Waals surface area contributed by atoms with Gasteiger partial charge in [-0.1, -0.05) is 0 Å². The Hall–Kier alpha value is -2.52. The van der Waals surface area contributed by atoms with Crippen molar-refractivity contribution < 1.29 is 13.2 Å². The van der Waals surface area contributed by atoms with Gasteiger partial charge in [0.1, 0.15) is 5.75 Å². The van der Waals surface area contributed by atoms with Crippen molar-refractivity contribution in [2.75, 3.05) is 18.5 Å². The van der Waals surface area contributed by atoms with E-state index in [2.05, 4.69) is 0 Å². The lowest BCUT2D eigenvalue weighted by Gasteiger charge is -2.19. The average Bonchev–Trinajstić information content (AvgIpc) is 2.54. The SMILES string of the molecule is COc1ccc(S(=O)(=O)N(C)c2ccc(C#N)cc2)cc1. The molecule has 0 aliphatic carbocycles. The predicted molar refractivity (Wildman–Crippen MR) is 79.7 cm³/mol. The molecule has 0 amide bonds. The summed E-state index contributed by atoms with van der Waals surface area (Å²) in [7, 11) is -0.648. The number of rotatable bonds is 4. The average molecular weight is 302 g/mol. The molecule has 0 spiro atoms. The fraction of sp³-hybridized carbons (Fsp3) is 0.133. The minimum absolute atomic E-state index is 0.176. The van der Waals surface area contributed by atoms with Crippen molar-refractivity contribution in [1.29, 1.82) is 5.26 Å². The van der Waals surface area contributed by atoms with Crippen LogP contribution in [0.25, 0.3) is 0 Å². The van der Waals surface area contributed by atoms with E-state index in [0.717, 1.165) is 0 Å². The van der Waals surface area contributed by atoms with Gasteiger partial charge in [0.05, 0.1) is 29.3 Å². The highest BCUT2D eigenvalue weighted by Crippen LogP contribution is 2.23. The fourth-order valence-corrected chi connectivity index (χ4v) is 2.99. The molecule has 0 saturated heterocycles. The van der Waals surface area contributed by atoms with Crippen LogP contribution in [0.2, 0.25) is 0 Å². The van der Waals surface area contributed by atoms with Gasteiger partial charge < -0.3 is 4.74 Å². The van der Waals surface area contributed by atoms with E-state index < -0.39 is 10.0 Å². The van der Waals surface area contributed by atoms with Gasteiger partial charge in [-0.25, -0.2) is 8.42 Å². The Morgan fingerprint density at radius 1 is 1.05 bits per heavy atom. The molecule has 0 N–H and O–H groups in total. The molecule has 0 heterocycles. The zero-order chi connectivity index (χ0) is 15.5. The summed E-state index contributed by atoms with van der Waals surface area (Å²) in [6, 6.07) is 14.5. The molecule has 0 bridgehead atoms. The van der Waals surface area contributed by atoms with E-state index in [9.17, 15) is 8.42 Å². The molecule has 0 unspecified atom stereocenters. The zero-order valence-electron chi connectivity index (χ0n) is 11.6. The van der Waals surface area contributed by atoms with E-state index >= 15 is 0 Å². The summed E-state index contributed by atoms with van der Waals surface area (Å²) in [5, 5.41) is 8.76. The van der Waals surface area contributed by atoms with Crippen LogP contribution >= 0.6 is 0 Å². The summed E-state index contributed by atoms with van der Waals surface area (Å²) in [5.74, 6) is 0.593. The summed E-state index contributed by atoms with van der Waals surface area (Å²) in [4.78, 5) is 0.176. The molecule has 5 nitrogen and oxygen atoms in total. The maximum Gasteiger partial charge on any atom is 0.264 e. The maximum absolute atomic E-state index is 12.5. The number of hydrogen-bond donors (Lipinski definition) is 0. The lowest BCUT2D eigenvalue weighted by atomic mass is 10.2. The summed E-state index contributed by atoms with van der Waals surface area (Å²) in [5.41, 5.74) is 0.971. The fourth-order valence-electron chi connectivity index (χ4n) is 1.79. The number of sulfonamides is 1. The molecular weight excluding hydrogens is 288 g/mol. The van der Waals surface area contributed by atoms with E-state index in [0.29, 0.717) is 17.0 Å². The van der Waals surface area contributed by atoms with E-state index in [1.807, 2.05) is 6.07 Å². The molecule has 0 aliphatic rings. The summed E-state index contributed by atoms with van der Waals surface area (Å²) in [6.07, 6.45) is 0. The normalized spacial score (nSPS) is 10.7. The van der Waals surface area contributed by atoms with Crippen molar-refractivity contribution in [1.82, 2.24) is 0 Å².